The second kappa shape index (κ2) is 17.5. The number of hydrogen-bond donors (Lipinski definition) is 2. The van der Waals surface area contributed by atoms with Crippen molar-refractivity contribution in [3.63, 3.8) is 0 Å². The number of aliphatic carboxylic acids is 2. The molecule has 0 saturated carbocycles. The third kappa shape index (κ3) is 18.7. The van der Waals surface area contributed by atoms with Crippen LogP contribution in [-0.4, -0.2) is 22.2 Å². The fraction of sp³-hybridized carbons (Fsp3) is 0.643. The predicted molar refractivity (Wildman–Crippen MR) is 137 cm³/mol. The van der Waals surface area contributed by atoms with Crippen LogP contribution >= 0.6 is 0 Å². The number of carbonyl (C=O) groups is 2. The Hall–Kier alpha value is -2.10. The van der Waals surface area contributed by atoms with Crippen LogP contribution in [0, 0.1) is 11.3 Å². The SMILES string of the molecule is CC(C)=CCC/C(C)=C/CC(C)(C)C(=O)O.CCC(C/C=C(\C)CCC=C(C)C)C(=O)O. The van der Waals surface area contributed by atoms with Crippen LogP contribution < -0.4 is 0 Å². The number of carboxylic acid groups (broad SMARTS) is 2. The Kier molecular flexibility index (Phi) is 17.5. The fourth-order valence-corrected chi connectivity index (χ4v) is 2.68. The summed E-state index contributed by atoms with van der Waals surface area (Å²) in [6.45, 7) is 18.0. The molecule has 4 nitrogen and oxygen atoms in total. The monoisotopic (exact) mass is 448 g/mol. The molecule has 0 heterocycles. The van der Waals surface area contributed by atoms with Gasteiger partial charge in [-0.3, -0.25) is 9.59 Å². The lowest BCUT2D eigenvalue weighted by Crippen LogP contribution is -2.22. The maximum Gasteiger partial charge on any atom is 0.309 e. The molecule has 0 aliphatic rings. The topological polar surface area (TPSA) is 74.6 Å². The predicted octanol–water partition coefficient (Wildman–Crippen LogP) is 8.36. The van der Waals surface area contributed by atoms with Crippen LogP contribution in [0.2, 0.25) is 0 Å². The molecule has 0 aromatic carbocycles. The summed E-state index contributed by atoms with van der Waals surface area (Å²) in [6, 6.07) is 0. The van der Waals surface area contributed by atoms with E-state index in [-0.39, 0.29) is 5.92 Å². The number of carboxylic acids is 2. The summed E-state index contributed by atoms with van der Waals surface area (Å²) < 4.78 is 0. The maximum atomic E-state index is 10.9. The van der Waals surface area contributed by atoms with E-state index in [1.54, 1.807) is 13.8 Å². The zero-order valence-electron chi connectivity index (χ0n) is 22.0. The van der Waals surface area contributed by atoms with Gasteiger partial charge in [-0.25, -0.2) is 0 Å². The van der Waals surface area contributed by atoms with E-state index in [0.29, 0.717) is 19.3 Å². The van der Waals surface area contributed by atoms with Gasteiger partial charge in [-0.15, -0.1) is 0 Å². The first-order valence-electron chi connectivity index (χ1n) is 11.8. The van der Waals surface area contributed by atoms with E-state index in [2.05, 4.69) is 59.8 Å². The van der Waals surface area contributed by atoms with Gasteiger partial charge >= 0.3 is 11.9 Å². The van der Waals surface area contributed by atoms with Crippen LogP contribution in [-0.2, 0) is 9.59 Å². The molecule has 0 bridgehead atoms. The van der Waals surface area contributed by atoms with Gasteiger partial charge in [0.1, 0.15) is 0 Å². The molecular formula is C28H48O4. The van der Waals surface area contributed by atoms with Crippen molar-refractivity contribution in [3.8, 4) is 0 Å². The third-order valence-corrected chi connectivity index (χ3v) is 5.32. The molecule has 2 N–H and O–H groups in total. The molecule has 0 fully saturated rings. The lowest BCUT2D eigenvalue weighted by molar-refractivity contribution is -0.146. The standard InChI is InChI=1S/2C14H24O2/c1-11(2)7-6-8-12(3)9-10-14(4,5)13(15)16;1-5-13(14(15)16)10-9-12(4)8-6-7-11(2)3/h7,9H,6,8,10H2,1-5H3,(H,15,16);7,9,13H,5-6,8,10H2,1-4H3,(H,15,16)/b2*12-9+. The van der Waals surface area contributed by atoms with Gasteiger partial charge in [-0.1, -0.05) is 53.5 Å². The van der Waals surface area contributed by atoms with E-state index in [1.807, 2.05) is 13.0 Å². The smallest absolute Gasteiger partial charge is 0.309 e. The van der Waals surface area contributed by atoms with Gasteiger partial charge in [0.2, 0.25) is 0 Å². The zero-order valence-corrected chi connectivity index (χ0v) is 22.0. The first-order chi connectivity index (χ1) is 14.7. The number of allylic oxidation sites excluding steroid dienone is 8. The maximum absolute atomic E-state index is 10.9. The van der Waals surface area contributed by atoms with Crippen molar-refractivity contribution in [1.29, 1.82) is 0 Å². The van der Waals surface area contributed by atoms with Crippen molar-refractivity contribution >= 4 is 11.9 Å². The first kappa shape index (κ1) is 32.1. The highest BCUT2D eigenvalue weighted by molar-refractivity contribution is 5.73. The Morgan fingerprint density at radius 3 is 1.56 bits per heavy atom. The van der Waals surface area contributed by atoms with Gasteiger partial charge in [0.25, 0.3) is 0 Å². The summed E-state index contributed by atoms with van der Waals surface area (Å²) in [7, 11) is 0. The number of hydrogen-bond acceptors (Lipinski definition) is 2. The summed E-state index contributed by atoms with van der Waals surface area (Å²) in [5.74, 6) is -1.64. The minimum atomic E-state index is -0.735. The van der Waals surface area contributed by atoms with Crippen molar-refractivity contribution in [2.75, 3.05) is 0 Å². The molecule has 0 radical (unpaired) electrons. The van der Waals surface area contributed by atoms with E-state index in [0.717, 1.165) is 25.7 Å². The van der Waals surface area contributed by atoms with E-state index in [9.17, 15) is 9.59 Å². The average molecular weight is 449 g/mol. The van der Waals surface area contributed by atoms with Crippen LogP contribution in [0.4, 0.5) is 0 Å². The van der Waals surface area contributed by atoms with Crippen LogP contribution in [0.3, 0.4) is 0 Å². The van der Waals surface area contributed by atoms with Gasteiger partial charge in [0.05, 0.1) is 11.3 Å². The second-order valence-electron chi connectivity index (χ2n) is 9.81. The van der Waals surface area contributed by atoms with Crippen LogP contribution in [0.15, 0.2) is 46.6 Å². The Morgan fingerprint density at radius 2 is 1.22 bits per heavy atom. The molecule has 0 amide bonds. The highest BCUT2D eigenvalue weighted by Crippen LogP contribution is 2.22. The molecular weight excluding hydrogens is 400 g/mol. The van der Waals surface area contributed by atoms with Crippen LogP contribution in [0.25, 0.3) is 0 Å². The Balaban J connectivity index is 0. The number of rotatable bonds is 13. The molecule has 1 unspecified atom stereocenters. The van der Waals surface area contributed by atoms with E-state index in [4.69, 9.17) is 10.2 Å². The lowest BCUT2D eigenvalue weighted by atomic mass is 9.88. The van der Waals surface area contributed by atoms with Crippen LogP contribution in [0.1, 0.15) is 107 Å². The largest absolute Gasteiger partial charge is 0.481 e. The average Bonchev–Trinajstić information content (AvgIpc) is 2.66. The molecule has 0 aliphatic heterocycles. The summed E-state index contributed by atoms with van der Waals surface area (Å²) in [4.78, 5) is 21.7. The van der Waals surface area contributed by atoms with E-state index < -0.39 is 17.4 Å². The van der Waals surface area contributed by atoms with Crippen molar-refractivity contribution < 1.29 is 19.8 Å². The van der Waals surface area contributed by atoms with Gasteiger partial charge in [-0.05, 0) is 100 Å². The molecule has 0 aromatic heterocycles. The molecule has 0 aromatic rings. The van der Waals surface area contributed by atoms with E-state index in [1.165, 1.54) is 22.3 Å². The molecule has 0 aliphatic carbocycles. The molecule has 0 spiro atoms. The van der Waals surface area contributed by atoms with E-state index >= 15 is 0 Å². The minimum absolute atomic E-state index is 0.224. The Bertz CT molecular complexity index is 682. The van der Waals surface area contributed by atoms with Crippen molar-refractivity contribution in [1.82, 2.24) is 0 Å². The highest BCUT2D eigenvalue weighted by atomic mass is 16.4. The van der Waals surface area contributed by atoms with Gasteiger partial charge in [-0.2, -0.15) is 0 Å². The van der Waals surface area contributed by atoms with Gasteiger partial charge in [0, 0.05) is 0 Å². The van der Waals surface area contributed by atoms with Gasteiger partial charge in [0.15, 0.2) is 0 Å². The quantitative estimate of drug-likeness (QED) is 0.277. The summed E-state index contributed by atoms with van der Waals surface area (Å²) in [6.07, 6.45) is 14.6. The lowest BCUT2D eigenvalue weighted by Gasteiger charge is -2.16. The summed E-state index contributed by atoms with van der Waals surface area (Å²) in [5, 5.41) is 17.9. The molecule has 0 saturated heterocycles. The normalized spacial score (nSPS) is 12.9. The van der Waals surface area contributed by atoms with Crippen molar-refractivity contribution in [2.24, 2.45) is 11.3 Å². The second-order valence-corrected chi connectivity index (χ2v) is 9.81. The molecule has 4 heteroatoms. The van der Waals surface area contributed by atoms with Crippen molar-refractivity contribution in [3.05, 3.63) is 46.6 Å². The summed E-state index contributed by atoms with van der Waals surface area (Å²) >= 11 is 0. The fourth-order valence-electron chi connectivity index (χ4n) is 2.68. The molecule has 1 atom stereocenters. The van der Waals surface area contributed by atoms with Crippen LogP contribution in [0.5, 0.6) is 0 Å². The Morgan fingerprint density at radius 1 is 0.781 bits per heavy atom. The zero-order chi connectivity index (χ0) is 25.3. The molecule has 184 valence electrons. The Labute approximate surface area is 197 Å². The molecule has 0 rings (SSSR count). The minimum Gasteiger partial charge on any atom is -0.481 e. The highest BCUT2D eigenvalue weighted by Gasteiger charge is 2.25. The third-order valence-electron chi connectivity index (χ3n) is 5.32. The summed E-state index contributed by atoms with van der Waals surface area (Å²) in [5.41, 5.74) is 4.57. The molecule has 32 heavy (non-hydrogen) atoms. The first-order valence-corrected chi connectivity index (χ1v) is 11.8. The van der Waals surface area contributed by atoms with Gasteiger partial charge < -0.3 is 10.2 Å². The van der Waals surface area contributed by atoms with Crippen molar-refractivity contribution in [2.45, 2.75) is 107 Å².